The first-order chi connectivity index (χ1) is 3.80. The van der Waals surface area contributed by atoms with E-state index < -0.39 is 0 Å². The molecule has 45 valence electrons. The number of dihydropyridines is 1. The minimum atomic E-state index is 0. The van der Waals surface area contributed by atoms with Gasteiger partial charge in [-0.1, -0.05) is 0 Å². The summed E-state index contributed by atoms with van der Waals surface area (Å²) < 4.78 is 0. The van der Waals surface area contributed by atoms with Crippen molar-refractivity contribution in [2.45, 2.75) is 0 Å². The average Bonchev–Trinajstić information content (AvgIpc) is 1.77. The third kappa shape index (κ3) is 1.95. The van der Waals surface area contributed by atoms with Gasteiger partial charge in [0.1, 0.15) is 0 Å². The van der Waals surface area contributed by atoms with Crippen LogP contribution >= 0.6 is 0 Å². The number of hydrogen-bond donors (Lipinski definition) is 2. The second-order valence-corrected chi connectivity index (χ2v) is 1.40. The van der Waals surface area contributed by atoms with Crippen LogP contribution in [-0.4, -0.2) is 17.8 Å². The van der Waals surface area contributed by atoms with Crippen molar-refractivity contribution in [3.8, 4) is 0 Å². The van der Waals surface area contributed by atoms with E-state index in [-0.39, 0.29) is 30.1 Å². The standard InChI is InChI=1S/C5H5N3.V/c6-4-2-1-3-8-5(4)7;/h1-3,6-7H;. The molecule has 3 nitrogen and oxygen atoms in total. The molecular formula is C5H5N3V. The Morgan fingerprint density at radius 1 is 1.33 bits per heavy atom. The maximum absolute atomic E-state index is 6.97. The molecule has 0 spiro atoms. The summed E-state index contributed by atoms with van der Waals surface area (Å²) in [4.78, 5) is 3.56. The number of rotatable bonds is 0. The molecule has 0 saturated heterocycles. The van der Waals surface area contributed by atoms with Crippen LogP contribution in [0, 0.1) is 10.8 Å². The number of hydrogen-bond acceptors (Lipinski definition) is 2. The first kappa shape index (κ1) is 8.33. The predicted octanol–water partition coefficient (Wildman–Crippen LogP) is 0.622. The summed E-state index contributed by atoms with van der Waals surface area (Å²) >= 11 is 0. The van der Waals surface area contributed by atoms with E-state index in [9.17, 15) is 0 Å². The molecule has 0 fully saturated rings. The second-order valence-electron chi connectivity index (χ2n) is 1.40. The third-order valence-electron chi connectivity index (χ3n) is 0.808. The van der Waals surface area contributed by atoms with Gasteiger partial charge in [-0.15, -0.1) is 0 Å². The Bertz CT molecular complexity index is 170. The van der Waals surface area contributed by atoms with Gasteiger partial charge < -0.3 is 0 Å². The molecule has 1 rings (SSSR count). The normalized spacial score (nSPS) is 15.6. The topological polar surface area (TPSA) is 60.1 Å². The van der Waals surface area contributed by atoms with E-state index in [0.29, 0.717) is 0 Å². The Hall–Kier alpha value is -0.666. The molecule has 9 heavy (non-hydrogen) atoms. The van der Waals surface area contributed by atoms with Crippen LogP contribution in [0.25, 0.3) is 0 Å². The third-order valence-corrected chi connectivity index (χ3v) is 0.808. The molecule has 0 aromatic rings. The van der Waals surface area contributed by atoms with Crippen LogP contribution < -0.4 is 0 Å². The van der Waals surface area contributed by atoms with Crippen LogP contribution in [0.15, 0.2) is 17.1 Å². The summed E-state index contributed by atoms with van der Waals surface area (Å²) in [5.74, 6) is 0.0347. The van der Waals surface area contributed by atoms with Gasteiger partial charge in [0.15, 0.2) is 5.84 Å². The Balaban J connectivity index is 0.000000640. The van der Waals surface area contributed by atoms with Gasteiger partial charge in [0, 0.05) is 24.8 Å². The van der Waals surface area contributed by atoms with Crippen molar-refractivity contribution in [1.29, 1.82) is 10.8 Å². The number of nitrogens with zero attached hydrogens (tertiary/aromatic N) is 1. The van der Waals surface area contributed by atoms with E-state index in [0.717, 1.165) is 0 Å². The molecule has 0 unspecified atom stereocenters. The van der Waals surface area contributed by atoms with Crippen molar-refractivity contribution < 1.29 is 18.6 Å². The molecule has 1 aliphatic heterocycles. The summed E-state index contributed by atoms with van der Waals surface area (Å²) in [7, 11) is 0. The van der Waals surface area contributed by atoms with Crippen LogP contribution in [0.4, 0.5) is 0 Å². The van der Waals surface area contributed by atoms with Gasteiger partial charge >= 0.3 is 0 Å². The molecule has 4 heteroatoms. The average molecular weight is 158 g/mol. The fraction of sp³-hybridized carbons (Fsp3) is 0. The molecule has 1 heterocycles. The van der Waals surface area contributed by atoms with Gasteiger partial charge in [0.2, 0.25) is 0 Å². The first-order valence-electron chi connectivity index (χ1n) is 2.19. The van der Waals surface area contributed by atoms with Crippen LogP contribution in [0.3, 0.4) is 0 Å². The van der Waals surface area contributed by atoms with Crippen LogP contribution in [-0.2, 0) is 18.6 Å². The number of amidine groups is 1. The van der Waals surface area contributed by atoms with Crippen molar-refractivity contribution in [2.75, 3.05) is 0 Å². The monoisotopic (exact) mass is 158 g/mol. The maximum atomic E-state index is 6.97. The fourth-order valence-corrected chi connectivity index (χ4v) is 0.405. The fourth-order valence-electron chi connectivity index (χ4n) is 0.405. The molecule has 0 amide bonds. The molecule has 0 bridgehead atoms. The Kier molecular flexibility index (Phi) is 3.13. The zero-order valence-electron chi connectivity index (χ0n) is 4.63. The summed E-state index contributed by atoms with van der Waals surface area (Å²) in [6, 6.07) is 0. The predicted molar refractivity (Wildman–Crippen MR) is 33.1 cm³/mol. The first-order valence-corrected chi connectivity index (χ1v) is 2.19. The number of nitrogens with one attached hydrogen (secondary N) is 2. The van der Waals surface area contributed by atoms with Gasteiger partial charge in [-0.25, -0.2) is 4.99 Å². The van der Waals surface area contributed by atoms with E-state index >= 15 is 0 Å². The van der Waals surface area contributed by atoms with E-state index in [4.69, 9.17) is 10.8 Å². The van der Waals surface area contributed by atoms with E-state index in [1.165, 1.54) is 12.3 Å². The van der Waals surface area contributed by atoms with Gasteiger partial charge in [-0.3, -0.25) is 10.8 Å². The SMILES string of the molecule is N=C1C=CC=NC1=N.[V]. The molecule has 0 aromatic heterocycles. The summed E-state index contributed by atoms with van der Waals surface area (Å²) in [6.07, 6.45) is 4.68. The summed E-state index contributed by atoms with van der Waals surface area (Å²) in [5, 5.41) is 13.9. The minimum Gasteiger partial charge on any atom is -0.297 e. The Morgan fingerprint density at radius 2 is 2.00 bits per heavy atom. The molecular weight excluding hydrogens is 153 g/mol. The van der Waals surface area contributed by atoms with E-state index in [2.05, 4.69) is 4.99 Å². The molecule has 0 aromatic carbocycles. The zero-order valence-corrected chi connectivity index (χ0v) is 6.02. The molecule has 1 radical (unpaired) electrons. The molecule has 1 aliphatic rings. The van der Waals surface area contributed by atoms with Gasteiger partial charge in [0.25, 0.3) is 0 Å². The van der Waals surface area contributed by atoms with Crippen molar-refractivity contribution in [2.24, 2.45) is 4.99 Å². The van der Waals surface area contributed by atoms with Gasteiger partial charge in [-0.2, -0.15) is 0 Å². The largest absolute Gasteiger partial charge is 0.297 e. The van der Waals surface area contributed by atoms with Crippen LogP contribution in [0.1, 0.15) is 0 Å². The quantitative estimate of drug-likeness (QED) is 0.519. The minimum absolute atomic E-state index is 0. The number of aliphatic imine (C=N–C) groups is 1. The van der Waals surface area contributed by atoms with E-state index in [1.807, 2.05) is 0 Å². The second kappa shape index (κ2) is 3.38. The molecule has 0 atom stereocenters. The van der Waals surface area contributed by atoms with Gasteiger partial charge in [-0.05, 0) is 12.2 Å². The van der Waals surface area contributed by atoms with Crippen LogP contribution in [0.2, 0.25) is 0 Å². The maximum Gasteiger partial charge on any atom is 0.169 e. The Labute approximate surface area is 64.8 Å². The zero-order chi connectivity index (χ0) is 5.98. The number of allylic oxidation sites excluding steroid dienone is 1. The van der Waals surface area contributed by atoms with Crippen molar-refractivity contribution in [3.05, 3.63) is 12.2 Å². The van der Waals surface area contributed by atoms with Crippen molar-refractivity contribution >= 4 is 17.8 Å². The van der Waals surface area contributed by atoms with Crippen molar-refractivity contribution in [1.82, 2.24) is 0 Å². The van der Waals surface area contributed by atoms with Gasteiger partial charge in [0.05, 0.1) is 5.71 Å². The van der Waals surface area contributed by atoms with Crippen LogP contribution in [0.5, 0.6) is 0 Å². The van der Waals surface area contributed by atoms with E-state index in [1.54, 1.807) is 6.08 Å². The molecule has 0 saturated carbocycles. The van der Waals surface area contributed by atoms with Crippen molar-refractivity contribution in [3.63, 3.8) is 0 Å². The Morgan fingerprint density at radius 3 is 2.33 bits per heavy atom. The molecule has 2 N–H and O–H groups in total. The smallest absolute Gasteiger partial charge is 0.169 e. The summed E-state index contributed by atoms with van der Waals surface area (Å²) in [5.41, 5.74) is 0.174. The molecule has 0 aliphatic carbocycles. The summed E-state index contributed by atoms with van der Waals surface area (Å²) in [6.45, 7) is 0.